The van der Waals surface area contributed by atoms with Gasteiger partial charge in [0.05, 0.1) is 23.2 Å². The number of rotatable bonds is 5. The molecule has 2 amide bonds. The zero-order valence-corrected chi connectivity index (χ0v) is 19.9. The molecule has 2 aliphatic heterocycles. The summed E-state index contributed by atoms with van der Waals surface area (Å²) in [6.45, 7) is 3.61. The number of hydrogen-bond donors (Lipinski definition) is 0. The molecule has 2 aromatic heterocycles. The molecular weight excluding hydrogens is 474 g/mol. The molecule has 10 heteroatoms. The van der Waals surface area contributed by atoms with E-state index in [0.717, 1.165) is 23.5 Å². The number of carbonyl (C=O) groups is 2. The highest BCUT2D eigenvalue weighted by Crippen LogP contribution is 2.37. The van der Waals surface area contributed by atoms with Gasteiger partial charge in [0.1, 0.15) is 0 Å². The van der Waals surface area contributed by atoms with Gasteiger partial charge in [-0.25, -0.2) is 0 Å². The number of benzene rings is 1. The first-order valence-corrected chi connectivity index (χ1v) is 12.3. The molecule has 0 spiro atoms. The molecule has 5 rings (SSSR count). The number of alkyl halides is 2. The summed E-state index contributed by atoms with van der Waals surface area (Å²) >= 11 is 1.88. The Balaban J connectivity index is 1.42. The highest BCUT2D eigenvalue weighted by molar-refractivity contribution is 7.99. The number of imide groups is 1. The second kappa shape index (κ2) is 8.99. The second-order valence-corrected chi connectivity index (χ2v) is 10.1. The first kappa shape index (κ1) is 23.3. The molecular formula is C25H22F2N4O3S. The van der Waals surface area contributed by atoms with Crippen molar-refractivity contribution in [2.45, 2.75) is 38.7 Å². The lowest BCUT2D eigenvalue weighted by Gasteiger charge is -2.37. The van der Waals surface area contributed by atoms with Crippen molar-refractivity contribution in [3.63, 3.8) is 0 Å². The fourth-order valence-electron chi connectivity index (χ4n) is 4.33. The molecule has 4 heterocycles. The Morgan fingerprint density at radius 3 is 2.60 bits per heavy atom. The predicted octanol–water partition coefficient (Wildman–Crippen LogP) is 5.05. The third-order valence-corrected chi connectivity index (χ3v) is 7.20. The average Bonchev–Trinajstić information content (AvgIpc) is 3.37. The molecule has 0 fully saturated rings. The molecule has 35 heavy (non-hydrogen) atoms. The number of allylic oxidation sites excluding steroid dienone is 1. The molecule has 0 N–H and O–H groups in total. The van der Waals surface area contributed by atoms with Crippen molar-refractivity contribution >= 4 is 29.1 Å². The van der Waals surface area contributed by atoms with Crippen LogP contribution in [0.5, 0.6) is 0 Å². The highest BCUT2D eigenvalue weighted by atomic mass is 32.2. The van der Waals surface area contributed by atoms with E-state index in [1.54, 1.807) is 12.1 Å². The van der Waals surface area contributed by atoms with Gasteiger partial charge in [0.15, 0.2) is 0 Å². The summed E-state index contributed by atoms with van der Waals surface area (Å²) in [6.07, 6.45) is 1.66. The SMILES string of the molecule is CC1(C)C(=O)N(Cc2ccc(-c3nnc(C(F)F)o3)cn2)C(=O)c2cc(C3=CCSCC3)ccc21. The van der Waals surface area contributed by atoms with Gasteiger partial charge in [0.2, 0.25) is 11.8 Å². The molecule has 7 nitrogen and oxygen atoms in total. The van der Waals surface area contributed by atoms with Crippen molar-refractivity contribution < 1.29 is 22.8 Å². The number of carbonyl (C=O) groups excluding carboxylic acids is 2. The lowest BCUT2D eigenvalue weighted by molar-refractivity contribution is -0.134. The van der Waals surface area contributed by atoms with E-state index >= 15 is 0 Å². The summed E-state index contributed by atoms with van der Waals surface area (Å²) in [6, 6.07) is 8.97. The van der Waals surface area contributed by atoms with Crippen LogP contribution < -0.4 is 0 Å². The Labute approximate surface area is 204 Å². The number of pyridine rings is 1. The lowest BCUT2D eigenvalue weighted by Crippen LogP contribution is -2.51. The third kappa shape index (κ3) is 4.27. The molecule has 0 radical (unpaired) electrons. The quantitative estimate of drug-likeness (QED) is 0.457. The lowest BCUT2D eigenvalue weighted by atomic mass is 9.76. The van der Waals surface area contributed by atoms with E-state index in [2.05, 4.69) is 21.3 Å². The van der Waals surface area contributed by atoms with Gasteiger partial charge in [-0.3, -0.25) is 19.5 Å². The van der Waals surface area contributed by atoms with E-state index < -0.39 is 17.7 Å². The molecule has 1 aromatic carbocycles. The molecule has 0 atom stereocenters. The first-order valence-electron chi connectivity index (χ1n) is 11.1. The number of thioether (sulfide) groups is 1. The van der Waals surface area contributed by atoms with Crippen molar-refractivity contribution in [3.05, 3.63) is 70.9 Å². The highest BCUT2D eigenvalue weighted by Gasteiger charge is 2.44. The molecule has 2 aliphatic rings. The molecule has 0 saturated carbocycles. The molecule has 180 valence electrons. The summed E-state index contributed by atoms with van der Waals surface area (Å²) in [5.41, 5.74) is 3.40. The topological polar surface area (TPSA) is 89.2 Å². The second-order valence-electron chi connectivity index (χ2n) is 8.92. The van der Waals surface area contributed by atoms with Gasteiger partial charge in [0.25, 0.3) is 11.8 Å². The summed E-state index contributed by atoms with van der Waals surface area (Å²) in [5.74, 6) is 0.480. The normalized spacial score (nSPS) is 17.5. The summed E-state index contributed by atoms with van der Waals surface area (Å²) in [7, 11) is 0. The van der Waals surface area contributed by atoms with Gasteiger partial charge < -0.3 is 4.42 Å². The van der Waals surface area contributed by atoms with Crippen molar-refractivity contribution in [1.82, 2.24) is 20.1 Å². The van der Waals surface area contributed by atoms with Crippen LogP contribution in [0.2, 0.25) is 0 Å². The van der Waals surface area contributed by atoms with Crippen molar-refractivity contribution in [1.29, 1.82) is 0 Å². The van der Waals surface area contributed by atoms with Crippen LogP contribution in [0, 0.1) is 0 Å². The minimum absolute atomic E-state index is 0.0174. The van der Waals surface area contributed by atoms with Crippen LogP contribution in [-0.4, -0.2) is 43.4 Å². The van der Waals surface area contributed by atoms with E-state index in [1.165, 1.54) is 16.7 Å². The number of fused-ring (bicyclic) bond motifs is 1. The maximum absolute atomic E-state index is 13.5. The minimum atomic E-state index is -2.86. The van der Waals surface area contributed by atoms with E-state index in [-0.39, 0.29) is 24.2 Å². The fourth-order valence-corrected chi connectivity index (χ4v) is 5.18. The largest absolute Gasteiger partial charge is 0.415 e. The maximum Gasteiger partial charge on any atom is 0.314 e. The smallest absolute Gasteiger partial charge is 0.314 e. The van der Waals surface area contributed by atoms with Crippen molar-refractivity contribution in [2.24, 2.45) is 0 Å². The molecule has 0 bridgehead atoms. The van der Waals surface area contributed by atoms with Gasteiger partial charge in [-0.05, 0) is 60.9 Å². The van der Waals surface area contributed by atoms with Crippen LogP contribution in [0.25, 0.3) is 17.0 Å². The molecule has 0 saturated heterocycles. The van der Waals surface area contributed by atoms with Crippen LogP contribution in [0.15, 0.2) is 47.0 Å². The van der Waals surface area contributed by atoms with E-state index in [9.17, 15) is 18.4 Å². The van der Waals surface area contributed by atoms with E-state index in [0.29, 0.717) is 22.4 Å². The van der Waals surface area contributed by atoms with Gasteiger partial charge in [0, 0.05) is 17.5 Å². The Morgan fingerprint density at radius 1 is 1.14 bits per heavy atom. The Kier molecular flexibility index (Phi) is 6.00. The predicted molar refractivity (Wildman–Crippen MR) is 127 cm³/mol. The molecule has 0 unspecified atom stereocenters. The van der Waals surface area contributed by atoms with Gasteiger partial charge in [-0.15, -0.1) is 10.2 Å². The Morgan fingerprint density at radius 2 is 1.94 bits per heavy atom. The minimum Gasteiger partial charge on any atom is -0.415 e. The summed E-state index contributed by atoms with van der Waals surface area (Å²) in [4.78, 5) is 32.3. The third-order valence-electron chi connectivity index (χ3n) is 6.30. The number of aromatic nitrogens is 3. The Bertz CT molecular complexity index is 1330. The molecule has 3 aromatic rings. The van der Waals surface area contributed by atoms with Gasteiger partial charge in [-0.2, -0.15) is 20.5 Å². The van der Waals surface area contributed by atoms with Crippen LogP contribution in [0.4, 0.5) is 8.78 Å². The fraction of sp³-hybridized carbons (Fsp3) is 0.320. The average molecular weight is 497 g/mol. The zero-order valence-electron chi connectivity index (χ0n) is 19.1. The van der Waals surface area contributed by atoms with E-state index in [1.807, 2.05) is 43.8 Å². The number of halogens is 2. The molecule has 0 aliphatic carbocycles. The van der Waals surface area contributed by atoms with Crippen LogP contribution in [0.3, 0.4) is 0 Å². The zero-order chi connectivity index (χ0) is 24.7. The Hall–Kier alpha value is -3.40. The number of amides is 2. The van der Waals surface area contributed by atoms with Crippen LogP contribution >= 0.6 is 11.8 Å². The van der Waals surface area contributed by atoms with Gasteiger partial charge in [-0.1, -0.05) is 18.2 Å². The van der Waals surface area contributed by atoms with Crippen LogP contribution in [0.1, 0.15) is 59.8 Å². The van der Waals surface area contributed by atoms with Crippen LogP contribution in [-0.2, 0) is 16.8 Å². The standard InChI is InChI=1S/C25H22F2N4O3S/c1-25(2)19-6-4-15(14-7-9-35-10-8-14)11-18(19)23(32)31(24(25)33)13-17-5-3-16(12-28-17)21-29-30-22(34-21)20(26)27/h3-7,11-12,20H,8-10,13H2,1-2H3. The monoisotopic (exact) mass is 496 g/mol. The van der Waals surface area contributed by atoms with Crippen molar-refractivity contribution in [2.75, 3.05) is 11.5 Å². The number of nitrogens with zero attached hydrogens (tertiary/aromatic N) is 4. The van der Waals surface area contributed by atoms with E-state index in [4.69, 9.17) is 4.42 Å². The number of hydrogen-bond acceptors (Lipinski definition) is 7. The first-order chi connectivity index (χ1) is 16.8. The van der Waals surface area contributed by atoms with Crippen molar-refractivity contribution in [3.8, 4) is 11.5 Å². The summed E-state index contributed by atoms with van der Waals surface area (Å²) < 4.78 is 30.4. The van der Waals surface area contributed by atoms with Gasteiger partial charge >= 0.3 is 6.43 Å². The maximum atomic E-state index is 13.5. The summed E-state index contributed by atoms with van der Waals surface area (Å²) in [5, 5.41) is 6.92.